The Labute approximate surface area is 150 Å². The average Bonchev–Trinajstić information content (AvgIpc) is 2.57. The van der Waals surface area contributed by atoms with Crippen LogP contribution in [0, 0.1) is 0 Å². The summed E-state index contributed by atoms with van der Waals surface area (Å²) in [4.78, 5) is 29.0. The third-order valence-corrected chi connectivity index (χ3v) is 4.59. The fourth-order valence-corrected chi connectivity index (χ4v) is 3.17. The van der Waals surface area contributed by atoms with Crippen LogP contribution in [0.5, 0.6) is 0 Å². The molecule has 1 aromatic carbocycles. The lowest BCUT2D eigenvalue weighted by Crippen LogP contribution is -2.27. The Morgan fingerprint density at radius 3 is 3.00 bits per heavy atom. The molecule has 0 unspecified atom stereocenters. The Kier molecular flexibility index (Phi) is 6.87. The first-order valence-corrected chi connectivity index (χ1v) is 9.13. The zero-order valence-corrected chi connectivity index (χ0v) is 15.1. The summed E-state index contributed by atoms with van der Waals surface area (Å²) >= 11 is 7.21. The smallest absolute Gasteiger partial charge is 0.262 e. The van der Waals surface area contributed by atoms with Crippen LogP contribution in [0.1, 0.15) is 19.8 Å². The molecule has 0 aliphatic heterocycles. The van der Waals surface area contributed by atoms with Crippen molar-refractivity contribution in [3.8, 4) is 0 Å². The third-order valence-electron chi connectivity index (χ3n) is 3.38. The Bertz CT molecular complexity index is 804. The van der Waals surface area contributed by atoms with E-state index in [1.165, 1.54) is 16.3 Å². The molecule has 0 atom stereocenters. The standard InChI is InChI=1S/C17H20ClN3O2S/c1-3-5-8-19-15(22)11-24-17-20-14-7-6-12(18)10-13(14)16(23)21(17)9-4-2/h4,6-7,10H,2-3,5,8-9,11H2,1H3,(H,19,22). The number of unbranched alkanes of at least 4 members (excludes halogenated alkanes) is 1. The van der Waals surface area contributed by atoms with Gasteiger partial charge in [0.2, 0.25) is 5.91 Å². The van der Waals surface area contributed by atoms with Crippen LogP contribution in [0.25, 0.3) is 10.9 Å². The van der Waals surface area contributed by atoms with Crippen LogP contribution >= 0.6 is 23.4 Å². The van der Waals surface area contributed by atoms with Gasteiger partial charge in [0.25, 0.3) is 5.56 Å². The first-order chi connectivity index (χ1) is 11.6. The van der Waals surface area contributed by atoms with Gasteiger partial charge >= 0.3 is 0 Å². The van der Waals surface area contributed by atoms with Gasteiger partial charge in [0, 0.05) is 18.1 Å². The topological polar surface area (TPSA) is 64.0 Å². The zero-order chi connectivity index (χ0) is 17.5. The highest BCUT2D eigenvalue weighted by molar-refractivity contribution is 7.99. The molecule has 0 aliphatic rings. The summed E-state index contributed by atoms with van der Waals surface area (Å²) in [6.07, 6.45) is 3.61. The molecule has 0 saturated carbocycles. The predicted molar refractivity (Wildman–Crippen MR) is 99.9 cm³/mol. The fraction of sp³-hybridized carbons (Fsp3) is 0.353. The van der Waals surface area contributed by atoms with Crippen molar-refractivity contribution >= 4 is 40.2 Å². The van der Waals surface area contributed by atoms with Gasteiger partial charge in [0.05, 0.1) is 16.7 Å². The van der Waals surface area contributed by atoms with Crippen LogP contribution in [0.4, 0.5) is 0 Å². The molecule has 0 spiro atoms. The number of nitrogens with one attached hydrogen (secondary N) is 1. The molecule has 1 heterocycles. The summed E-state index contributed by atoms with van der Waals surface area (Å²) < 4.78 is 1.51. The summed E-state index contributed by atoms with van der Waals surface area (Å²) in [5.41, 5.74) is 0.384. The molecule has 2 aromatic rings. The van der Waals surface area contributed by atoms with Crippen molar-refractivity contribution in [3.63, 3.8) is 0 Å². The van der Waals surface area contributed by atoms with E-state index in [1.54, 1.807) is 24.3 Å². The monoisotopic (exact) mass is 365 g/mol. The van der Waals surface area contributed by atoms with E-state index in [0.717, 1.165) is 12.8 Å². The highest BCUT2D eigenvalue weighted by Gasteiger charge is 2.13. The van der Waals surface area contributed by atoms with Gasteiger partial charge in [0.1, 0.15) is 0 Å². The van der Waals surface area contributed by atoms with E-state index < -0.39 is 0 Å². The highest BCUT2D eigenvalue weighted by Crippen LogP contribution is 2.20. The van der Waals surface area contributed by atoms with Gasteiger partial charge in [-0.1, -0.05) is 42.8 Å². The maximum absolute atomic E-state index is 12.6. The zero-order valence-electron chi connectivity index (χ0n) is 13.5. The van der Waals surface area contributed by atoms with Crippen LogP contribution in [-0.2, 0) is 11.3 Å². The van der Waals surface area contributed by atoms with E-state index in [4.69, 9.17) is 11.6 Å². The number of amides is 1. The molecule has 1 N–H and O–H groups in total. The van der Waals surface area contributed by atoms with Crippen molar-refractivity contribution in [1.82, 2.24) is 14.9 Å². The van der Waals surface area contributed by atoms with Crippen LogP contribution in [-0.4, -0.2) is 27.8 Å². The molecule has 0 aliphatic carbocycles. The van der Waals surface area contributed by atoms with Gasteiger partial charge < -0.3 is 5.32 Å². The minimum Gasteiger partial charge on any atom is -0.355 e. The molecule has 24 heavy (non-hydrogen) atoms. The third kappa shape index (κ3) is 4.61. The van der Waals surface area contributed by atoms with Crippen LogP contribution in [0.3, 0.4) is 0 Å². The highest BCUT2D eigenvalue weighted by atomic mass is 35.5. The van der Waals surface area contributed by atoms with Gasteiger partial charge in [0.15, 0.2) is 5.16 Å². The van der Waals surface area contributed by atoms with Gasteiger partial charge in [-0.2, -0.15) is 0 Å². The Hall–Kier alpha value is -1.79. The van der Waals surface area contributed by atoms with Crippen molar-refractivity contribution in [2.45, 2.75) is 31.5 Å². The van der Waals surface area contributed by atoms with Crippen molar-refractivity contribution in [3.05, 3.63) is 46.2 Å². The Morgan fingerprint density at radius 2 is 2.29 bits per heavy atom. The molecule has 128 valence electrons. The quantitative estimate of drug-likeness (QED) is 0.337. The van der Waals surface area contributed by atoms with Gasteiger partial charge in [-0.25, -0.2) is 4.98 Å². The molecular formula is C17H20ClN3O2S. The van der Waals surface area contributed by atoms with E-state index in [-0.39, 0.29) is 17.2 Å². The fourth-order valence-electron chi connectivity index (χ4n) is 2.16. The summed E-state index contributed by atoms with van der Waals surface area (Å²) in [5.74, 6) is 0.149. The number of nitrogens with zero attached hydrogens (tertiary/aromatic N) is 2. The van der Waals surface area contributed by atoms with Gasteiger partial charge in [-0.3, -0.25) is 14.2 Å². The first-order valence-electron chi connectivity index (χ1n) is 7.77. The first kappa shape index (κ1) is 18.5. The lowest BCUT2D eigenvalue weighted by molar-refractivity contribution is -0.118. The summed E-state index contributed by atoms with van der Waals surface area (Å²) in [6.45, 7) is 6.74. The van der Waals surface area contributed by atoms with E-state index >= 15 is 0 Å². The number of hydrogen-bond acceptors (Lipinski definition) is 4. The van der Waals surface area contributed by atoms with Crippen LogP contribution < -0.4 is 10.9 Å². The van der Waals surface area contributed by atoms with E-state index in [2.05, 4.69) is 23.8 Å². The number of benzene rings is 1. The number of allylic oxidation sites excluding steroid dienone is 1. The van der Waals surface area contributed by atoms with Gasteiger partial charge in [-0.15, -0.1) is 6.58 Å². The summed E-state index contributed by atoms with van der Waals surface area (Å²) in [6, 6.07) is 5.01. The van der Waals surface area contributed by atoms with Crippen molar-refractivity contribution in [1.29, 1.82) is 0 Å². The van der Waals surface area contributed by atoms with Crippen molar-refractivity contribution < 1.29 is 4.79 Å². The molecule has 0 radical (unpaired) electrons. The minimum absolute atomic E-state index is 0.0657. The maximum atomic E-state index is 12.6. The molecule has 0 saturated heterocycles. The average molecular weight is 366 g/mol. The normalized spacial score (nSPS) is 10.8. The van der Waals surface area contributed by atoms with Crippen LogP contribution in [0.2, 0.25) is 5.02 Å². The molecule has 0 bridgehead atoms. The molecule has 1 aromatic heterocycles. The Morgan fingerprint density at radius 1 is 1.50 bits per heavy atom. The molecular weight excluding hydrogens is 346 g/mol. The molecule has 0 fully saturated rings. The number of rotatable bonds is 8. The number of aromatic nitrogens is 2. The second-order valence-corrected chi connectivity index (χ2v) is 6.63. The van der Waals surface area contributed by atoms with Crippen molar-refractivity contribution in [2.24, 2.45) is 0 Å². The van der Waals surface area contributed by atoms with Crippen LogP contribution in [0.15, 0.2) is 40.8 Å². The second kappa shape index (κ2) is 8.89. The summed E-state index contributed by atoms with van der Waals surface area (Å²) in [7, 11) is 0. The number of carbonyl (C=O) groups excluding carboxylic acids is 1. The number of carbonyl (C=O) groups is 1. The minimum atomic E-state index is -0.184. The molecule has 1 amide bonds. The number of thioether (sulfide) groups is 1. The molecule has 5 nitrogen and oxygen atoms in total. The number of hydrogen-bond donors (Lipinski definition) is 1. The second-order valence-electron chi connectivity index (χ2n) is 5.25. The Balaban J connectivity index is 2.26. The lowest BCUT2D eigenvalue weighted by Gasteiger charge is -2.11. The lowest BCUT2D eigenvalue weighted by atomic mass is 10.2. The SMILES string of the molecule is C=CCn1c(SCC(=O)NCCCC)nc2ccc(Cl)cc2c1=O. The maximum Gasteiger partial charge on any atom is 0.262 e. The van der Waals surface area contributed by atoms with Crippen molar-refractivity contribution in [2.75, 3.05) is 12.3 Å². The van der Waals surface area contributed by atoms with E-state index in [9.17, 15) is 9.59 Å². The number of halogens is 1. The molecule has 7 heteroatoms. The largest absolute Gasteiger partial charge is 0.355 e. The predicted octanol–water partition coefficient (Wildman–Crippen LogP) is 3.24. The van der Waals surface area contributed by atoms with Gasteiger partial charge in [-0.05, 0) is 24.6 Å². The van der Waals surface area contributed by atoms with E-state index in [0.29, 0.717) is 34.2 Å². The summed E-state index contributed by atoms with van der Waals surface area (Å²) in [5, 5.41) is 4.30. The van der Waals surface area contributed by atoms with E-state index in [1.807, 2.05) is 0 Å². The number of fused-ring (bicyclic) bond motifs is 1. The molecule has 2 rings (SSSR count).